The summed E-state index contributed by atoms with van der Waals surface area (Å²) in [7, 11) is -3.74. The summed E-state index contributed by atoms with van der Waals surface area (Å²) in [6, 6.07) is 5.38. The normalized spacial score (nSPS) is 11.5. The first-order valence-corrected chi connectivity index (χ1v) is 9.99. The third-order valence-electron chi connectivity index (χ3n) is 3.47. The van der Waals surface area contributed by atoms with Crippen LogP contribution in [0.2, 0.25) is 0 Å². The van der Waals surface area contributed by atoms with Crippen molar-refractivity contribution in [2.45, 2.75) is 18.7 Å². The van der Waals surface area contributed by atoms with Crippen LogP contribution in [0.25, 0.3) is 0 Å². The third-order valence-corrected chi connectivity index (χ3v) is 6.25. The van der Waals surface area contributed by atoms with Crippen LogP contribution in [0.3, 0.4) is 0 Å². The minimum absolute atomic E-state index is 0.00401. The minimum Gasteiger partial charge on any atom is -0.395 e. The van der Waals surface area contributed by atoms with Crippen LogP contribution in [0.15, 0.2) is 35.4 Å². The van der Waals surface area contributed by atoms with Crippen LogP contribution in [0, 0.1) is 12.3 Å². The molecule has 26 heavy (non-hydrogen) atoms. The highest BCUT2D eigenvalue weighted by Gasteiger charge is 2.23. The predicted molar refractivity (Wildman–Crippen MR) is 97.3 cm³/mol. The fourth-order valence-electron chi connectivity index (χ4n) is 2.13. The lowest BCUT2D eigenvalue weighted by molar-refractivity contribution is -0.127. The summed E-state index contributed by atoms with van der Waals surface area (Å²) in [5.41, 5.74) is -0.169. The molecule has 0 fully saturated rings. The van der Waals surface area contributed by atoms with Crippen molar-refractivity contribution < 1.29 is 23.1 Å². The highest BCUT2D eigenvalue weighted by molar-refractivity contribution is 7.89. The molecule has 0 saturated heterocycles. The summed E-state index contributed by atoms with van der Waals surface area (Å²) in [6.07, 6.45) is 1.56. The van der Waals surface area contributed by atoms with Crippen LogP contribution < -0.4 is 4.74 Å². The van der Waals surface area contributed by atoms with Crippen molar-refractivity contribution in [1.29, 1.82) is 5.41 Å². The van der Waals surface area contributed by atoms with E-state index in [1.807, 2.05) is 6.92 Å². The Bertz CT molecular complexity index is 891. The maximum absolute atomic E-state index is 12.5. The molecule has 2 N–H and O–H groups in total. The number of ether oxygens (including phenoxy) is 1. The first-order valence-electron chi connectivity index (χ1n) is 7.74. The number of hydrogen-bond acceptors (Lipinski definition) is 8. The summed E-state index contributed by atoms with van der Waals surface area (Å²) >= 11 is 1.19. The number of nitrogens with one attached hydrogen (secondary N) is 1. The molecule has 0 atom stereocenters. The largest absolute Gasteiger partial charge is 0.395 e. The molecule has 0 aliphatic carbocycles. The van der Waals surface area contributed by atoms with Crippen molar-refractivity contribution in [1.82, 2.24) is 9.29 Å². The molecule has 0 amide bonds. The molecule has 0 spiro atoms. The lowest BCUT2D eigenvalue weighted by atomic mass is 10.1. The maximum Gasteiger partial charge on any atom is 0.364 e. The van der Waals surface area contributed by atoms with Crippen molar-refractivity contribution >= 4 is 33.0 Å². The van der Waals surface area contributed by atoms with Crippen LogP contribution in [0.1, 0.15) is 17.4 Å². The van der Waals surface area contributed by atoms with Crippen LogP contribution >= 0.6 is 11.3 Å². The number of aromatic nitrogens is 1. The van der Waals surface area contributed by atoms with Crippen LogP contribution in [-0.2, 0) is 14.8 Å². The molecule has 2 rings (SSSR count). The van der Waals surface area contributed by atoms with Gasteiger partial charge in [-0.3, -0.25) is 5.41 Å². The number of aliphatic hydroxyl groups is 1. The van der Waals surface area contributed by atoms with E-state index in [1.165, 1.54) is 35.6 Å². The quantitative estimate of drug-likeness (QED) is 0.513. The van der Waals surface area contributed by atoms with Gasteiger partial charge in [-0.05, 0) is 19.1 Å². The first-order chi connectivity index (χ1) is 12.3. The highest BCUT2D eigenvalue weighted by atomic mass is 32.2. The van der Waals surface area contributed by atoms with Gasteiger partial charge in [0.15, 0.2) is 0 Å². The van der Waals surface area contributed by atoms with E-state index < -0.39 is 21.7 Å². The number of thiazole rings is 1. The highest BCUT2D eigenvalue weighted by Crippen LogP contribution is 2.20. The number of hydrogen-bond donors (Lipinski definition) is 2. The molecule has 0 bridgehead atoms. The Morgan fingerprint density at radius 1 is 1.35 bits per heavy atom. The second-order valence-corrected chi connectivity index (χ2v) is 8.38. The van der Waals surface area contributed by atoms with Gasteiger partial charge in [-0.15, -0.1) is 0 Å². The molecule has 1 aromatic heterocycles. The second kappa shape index (κ2) is 8.49. The lowest BCUT2D eigenvalue weighted by Gasteiger charge is -2.19. The summed E-state index contributed by atoms with van der Waals surface area (Å²) < 4.78 is 31.1. The molecule has 140 valence electrons. The molecule has 0 unspecified atom stereocenters. The summed E-state index contributed by atoms with van der Waals surface area (Å²) in [4.78, 5) is 16.8. The van der Waals surface area contributed by atoms with Gasteiger partial charge in [0.2, 0.25) is 10.0 Å². The van der Waals surface area contributed by atoms with E-state index in [4.69, 9.17) is 15.3 Å². The van der Waals surface area contributed by atoms with Crippen molar-refractivity contribution in [3.63, 3.8) is 0 Å². The van der Waals surface area contributed by atoms with Gasteiger partial charge < -0.3 is 9.84 Å². The van der Waals surface area contributed by atoms with Crippen molar-refractivity contribution in [3.8, 4) is 5.19 Å². The van der Waals surface area contributed by atoms with E-state index in [0.717, 1.165) is 9.18 Å². The van der Waals surface area contributed by atoms with Gasteiger partial charge in [-0.1, -0.05) is 30.4 Å². The SMILES string of the molecule is CCN(CCO)S(=O)(=O)c1ccc(C(=N)C(=O)Oc2ncc(C)s2)cc1. The van der Waals surface area contributed by atoms with Gasteiger partial charge in [-0.25, -0.2) is 18.2 Å². The van der Waals surface area contributed by atoms with Crippen molar-refractivity contribution in [2.75, 3.05) is 19.7 Å². The average Bonchev–Trinajstić information content (AvgIpc) is 3.03. The number of carbonyl (C=O) groups excluding carboxylic acids is 1. The van der Waals surface area contributed by atoms with E-state index in [0.29, 0.717) is 0 Å². The van der Waals surface area contributed by atoms with Crippen LogP contribution in [0.4, 0.5) is 0 Å². The van der Waals surface area contributed by atoms with Gasteiger partial charge in [0.25, 0.3) is 5.19 Å². The van der Waals surface area contributed by atoms with E-state index in [2.05, 4.69) is 4.98 Å². The maximum atomic E-state index is 12.5. The van der Waals surface area contributed by atoms with Gasteiger partial charge in [0, 0.05) is 29.7 Å². The Labute approximate surface area is 155 Å². The molecular weight excluding hydrogens is 378 g/mol. The molecule has 10 heteroatoms. The zero-order valence-corrected chi connectivity index (χ0v) is 15.9. The number of nitrogens with zero attached hydrogens (tertiary/aromatic N) is 2. The van der Waals surface area contributed by atoms with Gasteiger partial charge in [-0.2, -0.15) is 4.31 Å². The minimum atomic E-state index is -3.74. The molecule has 0 radical (unpaired) electrons. The smallest absolute Gasteiger partial charge is 0.364 e. The number of aryl methyl sites for hydroxylation is 1. The Morgan fingerprint density at radius 2 is 2.00 bits per heavy atom. The van der Waals surface area contributed by atoms with Gasteiger partial charge in [0.1, 0.15) is 5.71 Å². The van der Waals surface area contributed by atoms with Gasteiger partial charge >= 0.3 is 5.97 Å². The number of aliphatic hydroxyl groups excluding tert-OH is 1. The Hall–Kier alpha value is -2.14. The molecule has 1 heterocycles. The molecule has 8 nitrogen and oxygen atoms in total. The molecule has 2 aromatic rings. The Morgan fingerprint density at radius 3 is 2.50 bits per heavy atom. The number of rotatable bonds is 8. The molecular formula is C16H19N3O5S2. The van der Waals surface area contributed by atoms with Crippen LogP contribution in [0.5, 0.6) is 5.19 Å². The summed E-state index contributed by atoms with van der Waals surface area (Å²) in [5, 5.41) is 17.1. The number of sulfonamides is 1. The molecule has 0 saturated carbocycles. The topological polar surface area (TPSA) is 121 Å². The molecule has 0 aliphatic rings. The Kier molecular flexibility index (Phi) is 6.59. The fraction of sp³-hybridized carbons (Fsp3) is 0.312. The van der Waals surface area contributed by atoms with E-state index in [9.17, 15) is 13.2 Å². The second-order valence-electron chi connectivity index (χ2n) is 5.25. The molecule has 1 aromatic carbocycles. The first kappa shape index (κ1) is 20.2. The van der Waals surface area contributed by atoms with Crippen molar-refractivity contribution in [3.05, 3.63) is 40.9 Å². The average molecular weight is 397 g/mol. The number of likely N-dealkylation sites (N-methyl/N-ethyl adjacent to an activating group) is 1. The summed E-state index contributed by atoms with van der Waals surface area (Å²) in [5.74, 6) is -0.870. The summed E-state index contributed by atoms with van der Waals surface area (Å²) in [6.45, 7) is 3.43. The fourth-order valence-corrected chi connectivity index (χ4v) is 4.18. The number of esters is 1. The van der Waals surface area contributed by atoms with E-state index in [1.54, 1.807) is 13.1 Å². The number of carbonyl (C=O) groups is 1. The van der Waals surface area contributed by atoms with E-state index in [-0.39, 0.29) is 35.3 Å². The lowest BCUT2D eigenvalue weighted by Crippen LogP contribution is -2.33. The zero-order valence-electron chi connectivity index (χ0n) is 14.3. The van der Waals surface area contributed by atoms with E-state index >= 15 is 0 Å². The zero-order chi connectivity index (χ0) is 19.3. The van der Waals surface area contributed by atoms with Gasteiger partial charge in [0.05, 0.1) is 11.5 Å². The Balaban J connectivity index is 2.15. The van der Waals surface area contributed by atoms with Crippen LogP contribution in [-0.4, -0.2) is 54.2 Å². The van der Waals surface area contributed by atoms with Crippen molar-refractivity contribution in [2.24, 2.45) is 0 Å². The predicted octanol–water partition coefficient (Wildman–Crippen LogP) is 1.43. The third kappa shape index (κ3) is 4.52. The monoisotopic (exact) mass is 397 g/mol. The molecule has 0 aliphatic heterocycles. The standard InChI is InChI=1S/C16H19N3O5S2/c1-3-19(8-9-20)26(22,23)13-6-4-12(5-7-13)14(17)15(21)24-16-18-10-11(2)25-16/h4-7,10,17,20H,3,8-9H2,1-2H3. The number of benzene rings is 1.